The number of H-pyrrole nitrogens is 1. The molecule has 1 aromatic heterocycles. The van der Waals surface area contributed by atoms with Gasteiger partial charge in [-0.2, -0.15) is 0 Å². The summed E-state index contributed by atoms with van der Waals surface area (Å²) >= 11 is 0. The zero-order chi connectivity index (χ0) is 18.5. The van der Waals surface area contributed by atoms with Crippen LogP contribution in [0.4, 0.5) is 5.69 Å². The number of likely N-dealkylation sites (tertiary alicyclic amines) is 1. The van der Waals surface area contributed by atoms with Crippen LogP contribution in [-0.2, 0) is 4.79 Å². The van der Waals surface area contributed by atoms with Gasteiger partial charge in [0.2, 0.25) is 5.91 Å². The number of hydrogen-bond acceptors (Lipinski definition) is 4. The van der Waals surface area contributed by atoms with E-state index in [0.29, 0.717) is 11.5 Å². The van der Waals surface area contributed by atoms with Gasteiger partial charge in [-0.3, -0.25) is 9.59 Å². The Morgan fingerprint density at radius 3 is 2.77 bits per heavy atom. The number of hydrogen-bond donors (Lipinski definition) is 2. The van der Waals surface area contributed by atoms with Crippen LogP contribution in [0, 0.1) is 12.8 Å². The molecule has 6 nitrogen and oxygen atoms in total. The predicted molar refractivity (Wildman–Crippen MR) is 103 cm³/mol. The molecule has 2 N–H and O–H groups in total. The normalized spacial score (nSPS) is 15.8. The molecule has 1 fully saturated rings. The highest BCUT2D eigenvalue weighted by atomic mass is 16.2. The Morgan fingerprint density at radius 1 is 1.31 bits per heavy atom. The molecule has 0 unspecified atom stereocenters. The third-order valence-corrected chi connectivity index (χ3v) is 4.77. The first-order valence-corrected chi connectivity index (χ1v) is 9.27. The van der Waals surface area contributed by atoms with E-state index in [4.69, 9.17) is 0 Å². The van der Waals surface area contributed by atoms with Crippen LogP contribution in [0.15, 0.2) is 35.1 Å². The van der Waals surface area contributed by atoms with Crippen LogP contribution in [0.2, 0.25) is 0 Å². The number of rotatable bonds is 5. The molecule has 1 aliphatic rings. The molecule has 1 saturated heterocycles. The smallest absolute Gasteiger partial charge is 0.251 e. The quantitative estimate of drug-likeness (QED) is 0.865. The van der Waals surface area contributed by atoms with Gasteiger partial charge in [0.1, 0.15) is 5.82 Å². The fourth-order valence-corrected chi connectivity index (χ4v) is 3.44. The Balaban J connectivity index is 1.67. The molecule has 26 heavy (non-hydrogen) atoms. The van der Waals surface area contributed by atoms with E-state index in [1.807, 2.05) is 24.3 Å². The molecule has 0 radical (unpaired) electrons. The first-order chi connectivity index (χ1) is 12.5. The number of nitrogens with zero attached hydrogens (tertiary/aromatic N) is 2. The number of nitrogens with one attached hydrogen (secondary N) is 2. The fourth-order valence-electron chi connectivity index (χ4n) is 3.44. The third-order valence-electron chi connectivity index (χ3n) is 4.77. The highest BCUT2D eigenvalue weighted by Crippen LogP contribution is 2.22. The molecular weight excluding hydrogens is 328 g/mol. The number of anilines is 1. The highest BCUT2D eigenvalue weighted by Gasteiger charge is 2.24. The minimum Gasteiger partial charge on any atom is -0.326 e. The van der Waals surface area contributed by atoms with Crippen molar-refractivity contribution in [3.8, 4) is 11.4 Å². The number of aromatic nitrogens is 2. The summed E-state index contributed by atoms with van der Waals surface area (Å²) in [5.41, 5.74) is 1.99. The summed E-state index contributed by atoms with van der Waals surface area (Å²) in [6.07, 6.45) is 2.95. The Bertz CT molecular complexity index is 823. The largest absolute Gasteiger partial charge is 0.326 e. The average molecular weight is 354 g/mol. The number of benzene rings is 1. The van der Waals surface area contributed by atoms with Crippen LogP contribution in [0.3, 0.4) is 0 Å². The standard InChI is InChI=1S/C20H26N4O2/c1-3-9-24-10-7-15(8-11-24)20(26)22-17-6-4-5-16(13-17)19-21-14(2)12-18(25)23-19/h4-6,12-13,15H,3,7-11H2,1-2H3,(H,22,26)(H,21,23,25). The zero-order valence-corrected chi connectivity index (χ0v) is 15.4. The Labute approximate surface area is 153 Å². The number of piperidine rings is 1. The number of aromatic amines is 1. The molecule has 1 aliphatic heterocycles. The van der Waals surface area contributed by atoms with E-state index in [-0.39, 0.29) is 17.4 Å². The van der Waals surface area contributed by atoms with Crippen molar-refractivity contribution in [3.05, 3.63) is 46.4 Å². The van der Waals surface area contributed by atoms with E-state index < -0.39 is 0 Å². The summed E-state index contributed by atoms with van der Waals surface area (Å²) in [7, 11) is 0. The summed E-state index contributed by atoms with van der Waals surface area (Å²) in [4.78, 5) is 33.8. The van der Waals surface area contributed by atoms with Gasteiger partial charge in [0.05, 0.1) is 0 Å². The Hall–Kier alpha value is -2.47. The van der Waals surface area contributed by atoms with Crippen molar-refractivity contribution in [2.24, 2.45) is 5.92 Å². The summed E-state index contributed by atoms with van der Waals surface area (Å²) in [6.45, 7) is 7.05. The minimum absolute atomic E-state index is 0.0589. The van der Waals surface area contributed by atoms with Crippen molar-refractivity contribution in [3.63, 3.8) is 0 Å². The molecule has 0 saturated carbocycles. The summed E-state index contributed by atoms with van der Waals surface area (Å²) in [5.74, 6) is 0.645. The molecule has 3 rings (SSSR count). The molecule has 1 aromatic carbocycles. The van der Waals surface area contributed by atoms with E-state index in [9.17, 15) is 9.59 Å². The van der Waals surface area contributed by atoms with Crippen molar-refractivity contribution in [1.82, 2.24) is 14.9 Å². The molecule has 0 bridgehead atoms. The van der Waals surface area contributed by atoms with Crippen LogP contribution in [-0.4, -0.2) is 40.4 Å². The van der Waals surface area contributed by atoms with E-state index in [1.165, 1.54) is 6.07 Å². The van der Waals surface area contributed by atoms with Gasteiger partial charge in [0, 0.05) is 28.9 Å². The van der Waals surface area contributed by atoms with Crippen LogP contribution in [0.25, 0.3) is 11.4 Å². The van der Waals surface area contributed by atoms with Gasteiger partial charge in [-0.1, -0.05) is 19.1 Å². The van der Waals surface area contributed by atoms with Crippen LogP contribution in [0.1, 0.15) is 31.9 Å². The third kappa shape index (κ3) is 4.58. The molecule has 2 aromatic rings. The highest BCUT2D eigenvalue weighted by molar-refractivity contribution is 5.93. The SMILES string of the molecule is CCCN1CCC(C(=O)Nc2cccc(-c3nc(C)cc(=O)[nH]3)c2)CC1. The second-order valence-electron chi connectivity index (χ2n) is 6.92. The lowest BCUT2D eigenvalue weighted by molar-refractivity contribution is -0.121. The molecule has 2 heterocycles. The maximum absolute atomic E-state index is 12.6. The number of carbonyl (C=O) groups is 1. The van der Waals surface area contributed by atoms with E-state index in [0.717, 1.165) is 50.1 Å². The van der Waals surface area contributed by atoms with Crippen molar-refractivity contribution in [1.29, 1.82) is 0 Å². The first kappa shape index (κ1) is 18.3. The van der Waals surface area contributed by atoms with E-state index in [1.54, 1.807) is 6.92 Å². The van der Waals surface area contributed by atoms with Gasteiger partial charge in [-0.05, 0) is 58.0 Å². The second kappa shape index (κ2) is 8.27. The number of aryl methyl sites for hydroxylation is 1. The zero-order valence-electron chi connectivity index (χ0n) is 15.4. The molecule has 138 valence electrons. The lowest BCUT2D eigenvalue weighted by Crippen LogP contribution is -2.38. The van der Waals surface area contributed by atoms with E-state index in [2.05, 4.69) is 27.1 Å². The fraction of sp³-hybridized carbons (Fsp3) is 0.450. The maximum atomic E-state index is 12.6. The monoisotopic (exact) mass is 354 g/mol. The molecule has 0 aliphatic carbocycles. The minimum atomic E-state index is -0.180. The second-order valence-corrected chi connectivity index (χ2v) is 6.92. The molecule has 6 heteroatoms. The van der Waals surface area contributed by atoms with Crippen molar-refractivity contribution < 1.29 is 4.79 Å². The number of carbonyl (C=O) groups excluding carboxylic acids is 1. The van der Waals surface area contributed by atoms with E-state index >= 15 is 0 Å². The van der Waals surface area contributed by atoms with Crippen LogP contribution < -0.4 is 10.9 Å². The Morgan fingerprint density at radius 2 is 2.08 bits per heavy atom. The van der Waals surface area contributed by atoms with Gasteiger partial charge in [0.15, 0.2) is 0 Å². The average Bonchev–Trinajstić information content (AvgIpc) is 2.62. The first-order valence-electron chi connectivity index (χ1n) is 9.27. The van der Waals surface area contributed by atoms with Gasteiger partial charge < -0.3 is 15.2 Å². The van der Waals surface area contributed by atoms with Crippen molar-refractivity contribution in [2.45, 2.75) is 33.1 Å². The molecular formula is C20H26N4O2. The topological polar surface area (TPSA) is 78.1 Å². The predicted octanol–water partition coefficient (Wildman–Crippen LogP) is 2.81. The molecule has 1 amide bonds. The van der Waals surface area contributed by atoms with Crippen LogP contribution >= 0.6 is 0 Å². The Kier molecular flexibility index (Phi) is 5.83. The lowest BCUT2D eigenvalue weighted by atomic mass is 9.95. The van der Waals surface area contributed by atoms with Gasteiger partial charge >= 0.3 is 0 Å². The molecule has 0 atom stereocenters. The maximum Gasteiger partial charge on any atom is 0.251 e. The van der Waals surface area contributed by atoms with Crippen molar-refractivity contribution in [2.75, 3.05) is 25.0 Å². The summed E-state index contributed by atoms with van der Waals surface area (Å²) in [5, 5.41) is 3.02. The van der Waals surface area contributed by atoms with Gasteiger partial charge in [-0.15, -0.1) is 0 Å². The molecule has 0 spiro atoms. The van der Waals surface area contributed by atoms with Gasteiger partial charge in [0.25, 0.3) is 5.56 Å². The van der Waals surface area contributed by atoms with Gasteiger partial charge in [-0.25, -0.2) is 4.98 Å². The van der Waals surface area contributed by atoms with Crippen molar-refractivity contribution >= 4 is 11.6 Å². The lowest BCUT2D eigenvalue weighted by Gasteiger charge is -2.30. The van der Waals surface area contributed by atoms with Crippen LogP contribution in [0.5, 0.6) is 0 Å². The number of amides is 1. The summed E-state index contributed by atoms with van der Waals surface area (Å²) < 4.78 is 0. The summed E-state index contributed by atoms with van der Waals surface area (Å²) in [6, 6.07) is 8.90.